The van der Waals surface area contributed by atoms with Crippen LogP contribution in [-0.2, 0) is 6.42 Å². The predicted octanol–water partition coefficient (Wildman–Crippen LogP) is 2.90. The third kappa shape index (κ3) is 2.37. The fraction of sp³-hybridized carbons (Fsp3) is 0.385. The number of anilines is 1. The second-order valence-corrected chi connectivity index (χ2v) is 6.72. The largest absolute Gasteiger partial charge is 0.375 e. The van der Waals surface area contributed by atoms with Gasteiger partial charge in [-0.2, -0.15) is 0 Å². The molecule has 1 atom stereocenters. The zero-order valence-corrected chi connectivity index (χ0v) is 12.2. The van der Waals surface area contributed by atoms with Crippen LogP contribution in [0, 0.1) is 6.92 Å². The number of hydrogen-bond acceptors (Lipinski definition) is 5. The van der Waals surface area contributed by atoms with Gasteiger partial charge in [-0.05, 0) is 43.2 Å². The fourth-order valence-electron chi connectivity index (χ4n) is 2.49. The van der Waals surface area contributed by atoms with Crippen molar-refractivity contribution in [3.05, 3.63) is 32.5 Å². The van der Waals surface area contributed by atoms with E-state index in [1.54, 1.807) is 11.3 Å². The normalized spacial score (nSPS) is 18.1. The number of aryl methyl sites for hydroxylation is 2. The van der Waals surface area contributed by atoms with Crippen molar-refractivity contribution in [1.82, 2.24) is 10.3 Å². The lowest BCUT2D eigenvalue weighted by molar-refractivity contribution is 0.0936. The molecule has 100 valence electrons. The summed E-state index contributed by atoms with van der Waals surface area (Å²) in [6, 6.07) is 2.25. The van der Waals surface area contributed by atoms with Crippen molar-refractivity contribution in [3.8, 4) is 0 Å². The van der Waals surface area contributed by atoms with Crippen LogP contribution in [0.5, 0.6) is 0 Å². The van der Waals surface area contributed by atoms with E-state index in [4.69, 9.17) is 5.73 Å². The average molecular weight is 293 g/mol. The lowest BCUT2D eigenvalue weighted by Crippen LogP contribution is -2.30. The van der Waals surface area contributed by atoms with Gasteiger partial charge in [-0.3, -0.25) is 4.79 Å². The second-order valence-electron chi connectivity index (χ2n) is 4.68. The Hall–Kier alpha value is -1.40. The Kier molecular flexibility index (Phi) is 3.28. The van der Waals surface area contributed by atoms with Gasteiger partial charge in [-0.25, -0.2) is 4.98 Å². The van der Waals surface area contributed by atoms with Crippen LogP contribution in [-0.4, -0.2) is 10.9 Å². The van der Waals surface area contributed by atoms with Gasteiger partial charge in [0.25, 0.3) is 5.91 Å². The third-order valence-electron chi connectivity index (χ3n) is 3.38. The van der Waals surface area contributed by atoms with Crippen molar-refractivity contribution in [1.29, 1.82) is 0 Å². The third-order valence-corrected chi connectivity index (χ3v) is 5.36. The molecule has 0 saturated carbocycles. The SMILES string of the molecule is Cc1nc(N)sc1C(=O)NC1CCCc2sccc21. The lowest BCUT2D eigenvalue weighted by atomic mass is 9.94. The molecule has 0 aliphatic heterocycles. The number of fused-ring (bicyclic) bond motifs is 1. The molecule has 1 amide bonds. The topological polar surface area (TPSA) is 68.0 Å². The number of thiophene rings is 1. The van der Waals surface area contributed by atoms with Crippen molar-refractivity contribution in [2.24, 2.45) is 0 Å². The molecular formula is C13H15N3OS2. The number of carbonyl (C=O) groups excluding carboxylic acids is 1. The van der Waals surface area contributed by atoms with Crippen LogP contribution in [0.2, 0.25) is 0 Å². The van der Waals surface area contributed by atoms with Gasteiger partial charge in [0.15, 0.2) is 5.13 Å². The molecule has 0 bridgehead atoms. The molecule has 2 heterocycles. The molecule has 1 unspecified atom stereocenters. The summed E-state index contributed by atoms with van der Waals surface area (Å²) in [6.07, 6.45) is 3.26. The summed E-state index contributed by atoms with van der Waals surface area (Å²) in [4.78, 5) is 18.4. The molecule has 2 aromatic heterocycles. The van der Waals surface area contributed by atoms with Crippen molar-refractivity contribution in [3.63, 3.8) is 0 Å². The quantitative estimate of drug-likeness (QED) is 0.894. The maximum atomic E-state index is 12.3. The summed E-state index contributed by atoms with van der Waals surface area (Å²) < 4.78 is 0. The number of nitrogens with two attached hydrogens (primary N) is 1. The smallest absolute Gasteiger partial charge is 0.263 e. The molecule has 0 saturated heterocycles. The van der Waals surface area contributed by atoms with Gasteiger partial charge in [0.1, 0.15) is 4.88 Å². The molecule has 4 nitrogen and oxygen atoms in total. The Morgan fingerprint density at radius 2 is 2.42 bits per heavy atom. The Morgan fingerprint density at radius 1 is 1.58 bits per heavy atom. The molecule has 3 N–H and O–H groups in total. The van der Waals surface area contributed by atoms with Crippen molar-refractivity contribution < 1.29 is 4.79 Å². The van der Waals surface area contributed by atoms with E-state index < -0.39 is 0 Å². The minimum Gasteiger partial charge on any atom is -0.375 e. The molecule has 1 aliphatic carbocycles. The highest BCUT2D eigenvalue weighted by Crippen LogP contribution is 2.33. The molecule has 6 heteroatoms. The minimum atomic E-state index is -0.0595. The summed E-state index contributed by atoms with van der Waals surface area (Å²) in [7, 11) is 0. The van der Waals surface area contributed by atoms with Gasteiger partial charge in [0, 0.05) is 4.88 Å². The van der Waals surface area contributed by atoms with Crippen molar-refractivity contribution in [2.45, 2.75) is 32.2 Å². The van der Waals surface area contributed by atoms with E-state index in [-0.39, 0.29) is 11.9 Å². The van der Waals surface area contributed by atoms with Gasteiger partial charge in [-0.1, -0.05) is 11.3 Å². The van der Waals surface area contributed by atoms with Crippen LogP contribution in [0.3, 0.4) is 0 Å². The Morgan fingerprint density at radius 3 is 3.16 bits per heavy atom. The molecule has 0 fully saturated rings. The lowest BCUT2D eigenvalue weighted by Gasteiger charge is -2.23. The first-order valence-corrected chi connectivity index (χ1v) is 7.95. The first-order chi connectivity index (χ1) is 9.15. The number of thiazole rings is 1. The number of hydrogen-bond donors (Lipinski definition) is 2. The van der Waals surface area contributed by atoms with E-state index >= 15 is 0 Å². The molecule has 2 aromatic rings. The summed E-state index contributed by atoms with van der Waals surface area (Å²) in [5, 5.41) is 5.66. The average Bonchev–Trinajstić information content (AvgIpc) is 2.96. The highest BCUT2D eigenvalue weighted by molar-refractivity contribution is 7.17. The number of nitrogens with zero attached hydrogens (tertiary/aromatic N) is 1. The van der Waals surface area contributed by atoms with Gasteiger partial charge in [-0.15, -0.1) is 11.3 Å². The number of rotatable bonds is 2. The van der Waals surface area contributed by atoms with Gasteiger partial charge in [0.2, 0.25) is 0 Å². The standard InChI is InChI=1S/C13H15N3OS2/c1-7-11(19-13(14)15-7)12(17)16-9-3-2-4-10-8(9)5-6-18-10/h5-6,9H,2-4H2,1H3,(H2,14,15)(H,16,17). The van der Waals surface area contributed by atoms with E-state index in [0.29, 0.717) is 15.7 Å². The Balaban J connectivity index is 1.80. The maximum Gasteiger partial charge on any atom is 0.263 e. The zero-order valence-electron chi connectivity index (χ0n) is 10.6. The number of nitrogens with one attached hydrogen (secondary N) is 1. The summed E-state index contributed by atoms with van der Waals surface area (Å²) >= 11 is 3.03. The Labute approximate surface area is 119 Å². The molecular weight excluding hydrogens is 278 g/mol. The molecule has 19 heavy (non-hydrogen) atoms. The number of nitrogen functional groups attached to an aromatic ring is 1. The van der Waals surface area contributed by atoms with E-state index in [1.165, 1.54) is 21.8 Å². The van der Waals surface area contributed by atoms with Gasteiger partial charge in [0.05, 0.1) is 11.7 Å². The highest BCUT2D eigenvalue weighted by Gasteiger charge is 2.24. The maximum absolute atomic E-state index is 12.3. The summed E-state index contributed by atoms with van der Waals surface area (Å²) in [5.41, 5.74) is 7.63. The highest BCUT2D eigenvalue weighted by atomic mass is 32.1. The van der Waals surface area contributed by atoms with Crippen molar-refractivity contribution >= 4 is 33.7 Å². The first kappa shape index (κ1) is 12.6. The van der Waals surface area contributed by atoms with Gasteiger partial charge < -0.3 is 11.1 Å². The van der Waals surface area contributed by atoms with Crippen LogP contribution in [0.1, 0.15) is 44.7 Å². The summed E-state index contributed by atoms with van der Waals surface area (Å²) in [5.74, 6) is -0.0595. The van der Waals surface area contributed by atoms with Gasteiger partial charge >= 0.3 is 0 Å². The molecule has 0 spiro atoms. The second kappa shape index (κ2) is 4.94. The monoisotopic (exact) mass is 293 g/mol. The number of amides is 1. The number of carbonyl (C=O) groups is 1. The van der Waals surface area contributed by atoms with Crippen LogP contribution >= 0.6 is 22.7 Å². The summed E-state index contributed by atoms with van der Waals surface area (Å²) in [6.45, 7) is 1.82. The minimum absolute atomic E-state index is 0.0595. The van der Waals surface area contributed by atoms with Crippen LogP contribution in [0.25, 0.3) is 0 Å². The van der Waals surface area contributed by atoms with E-state index in [1.807, 2.05) is 6.92 Å². The predicted molar refractivity (Wildman–Crippen MR) is 78.7 cm³/mol. The van der Waals surface area contributed by atoms with E-state index in [0.717, 1.165) is 19.3 Å². The Bertz CT molecular complexity index is 617. The molecule has 0 aromatic carbocycles. The fourth-order valence-corrected chi connectivity index (χ4v) is 4.21. The van der Waals surface area contributed by atoms with E-state index in [9.17, 15) is 4.79 Å². The first-order valence-electron chi connectivity index (χ1n) is 6.25. The molecule has 0 radical (unpaired) electrons. The van der Waals surface area contributed by atoms with Crippen LogP contribution < -0.4 is 11.1 Å². The molecule has 1 aliphatic rings. The number of aromatic nitrogens is 1. The van der Waals surface area contributed by atoms with Crippen molar-refractivity contribution in [2.75, 3.05) is 5.73 Å². The molecule has 3 rings (SSSR count). The zero-order chi connectivity index (χ0) is 13.4. The van der Waals surface area contributed by atoms with Crippen LogP contribution in [0.4, 0.5) is 5.13 Å². The van der Waals surface area contributed by atoms with E-state index in [2.05, 4.69) is 21.7 Å². The van der Waals surface area contributed by atoms with Crippen LogP contribution in [0.15, 0.2) is 11.4 Å².